The number of carbonyl (C=O) groups excluding carboxylic acids is 2. The van der Waals surface area contributed by atoms with E-state index in [-0.39, 0.29) is 35.5 Å². The molecule has 1 N–H and O–H groups in total. The quantitative estimate of drug-likeness (QED) is 0.159. The van der Waals surface area contributed by atoms with Crippen molar-refractivity contribution in [1.29, 1.82) is 0 Å². The van der Waals surface area contributed by atoms with Gasteiger partial charge in [-0.25, -0.2) is 8.42 Å². The van der Waals surface area contributed by atoms with Crippen LogP contribution in [0.2, 0.25) is 10.0 Å². The Morgan fingerprint density at radius 2 is 1.50 bits per heavy atom. The van der Waals surface area contributed by atoms with Crippen LogP contribution in [-0.4, -0.2) is 50.9 Å². The van der Waals surface area contributed by atoms with Crippen LogP contribution in [0.5, 0.6) is 5.75 Å². The van der Waals surface area contributed by atoms with E-state index in [0.717, 1.165) is 9.87 Å². The number of nitrogens with zero attached hydrogens (tertiary/aromatic N) is 2. The molecule has 46 heavy (non-hydrogen) atoms. The molecule has 0 radical (unpaired) electrons. The zero-order chi connectivity index (χ0) is 33.3. The number of benzene rings is 4. The summed E-state index contributed by atoms with van der Waals surface area (Å²) in [5, 5.41) is 3.90. The molecule has 2 amide bonds. The largest absolute Gasteiger partial charge is 0.497 e. The van der Waals surface area contributed by atoms with Gasteiger partial charge in [0.1, 0.15) is 18.3 Å². The summed E-state index contributed by atoms with van der Waals surface area (Å²) in [6.07, 6.45) is 0.901. The average molecular weight is 683 g/mol. The van der Waals surface area contributed by atoms with Gasteiger partial charge in [0, 0.05) is 29.1 Å². The van der Waals surface area contributed by atoms with Gasteiger partial charge in [-0.2, -0.15) is 0 Å². The fraction of sp³-hybridized carbons (Fsp3) is 0.257. The summed E-state index contributed by atoms with van der Waals surface area (Å²) in [4.78, 5) is 29.8. The van der Waals surface area contributed by atoms with E-state index in [1.807, 2.05) is 50.2 Å². The molecule has 0 aliphatic rings. The lowest BCUT2D eigenvalue weighted by Gasteiger charge is -2.34. The van der Waals surface area contributed by atoms with Crippen LogP contribution in [0, 0.1) is 0 Å². The average Bonchev–Trinajstić information content (AvgIpc) is 3.06. The fourth-order valence-corrected chi connectivity index (χ4v) is 6.59. The number of halogens is 2. The maximum atomic E-state index is 14.5. The van der Waals surface area contributed by atoms with Gasteiger partial charge in [-0.05, 0) is 85.1 Å². The molecule has 0 unspecified atom stereocenters. The molecule has 0 aliphatic carbocycles. The zero-order valence-electron chi connectivity index (χ0n) is 25.9. The van der Waals surface area contributed by atoms with E-state index in [0.29, 0.717) is 27.8 Å². The second kappa shape index (κ2) is 16.0. The van der Waals surface area contributed by atoms with Crippen molar-refractivity contribution >= 4 is 50.7 Å². The first-order valence-corrected chi connectivity index (χ1v) is 17.0. The number of rotatable bonds is 14. The highest BCUT2D eigenvalue weighted by atomic mass is 35.5. The zero-order valence-corrected chi connectivity index (χ0v) is 28.2. The summed E-state index contributed by atoms with van der Waals surface area (Å²) in [6, 6.07) is 27.4. The third kappa shape index (κ3) is 9.02. The van der Waals surface area contributed by atoms with Gasteiger partial charge < -0.3 is 15.0 Å². The molecule has 0 saturated heterocycles. The molecule has 0 fully saturated rings. The first-order valence-electron chi connectivity index (χ1n) is 14.8. The predicted molar refractivity (Wildman–Crippen MR) is 183 cm³/mol. The van der Waals surface area contributed by atoms with E-state index in [9.17, 15) is 18.0 Å². The van der Waals surface area contributed by atoms with Crippen LogP contribution in [0.1, 0.15) is 31.4 Å². The number of nitrogens with one attached hydrogen (secondary N) is 1. The molecular weight excluding hydrogens is 645 g/mol. The van der Waals surface area contributed by atoms with Gasteiger partial charge in [0.05, 0.1) is 17.7 Å². The van der Waals surface area contributed by atoms with Crippen molar-refractivity contribution in [2.24, 2.45) is 0 Å². The van der Waals surface area contributed by atoms with Crippen molar-refractivity contribution in [1.82, 2.24) is 10.2 Å². The van der Waals surface area contributed by atoms with Gasteiger partial charge in [0.2, 0.25) is 11.8 Å². The number of carbonyl (C=O) groups is 2. The Bertz CT molecular complexity index is 1720. The number of hydrogen-bond donors (Lipinski definition) is 1. The molecule has 4 aromatic carbocycles. The third-order valence-corrected chi connectivity index (χ3v) is 9.83. The minimum absolute atomic E-state index is 0.0157. The number of amides is 2. The molecular formula is C35H37Cl2N3O5S. The maximum Gasteiger partial charge on any atom is 0.264 e. The standard InChI is InChI=1S/C35H37Cl2N3O5S/c1-4-25(2)38-35(42)33(22-26-9-6-5-7-10-26)39(23-27-11-8-12-29(37)21-27)34(41)24-40(30-15-13-28(36)14-16-30)46(43,44)32-19-17-31(45-3)18-20-32/h5-21,25,33H,4,22-24H2,1-3H3,(H,38,42)/t25-,33+/m0/s1. The summed E-state index contributed by atoms with van der Waals surface area (Å²) in [6.45, 7) is 3.28. The van der Waals surface area contributed by atoms with Gasteiger partial charge in [0.15, 0.2) is 0 Å². The number of sulfonamides is 1. The molecule has 0 bridgehead atoms. The first-order chi connectivity index (χ1) is 22.0. The molecule has 2 atom stereocenters. The highest BCUT2D eigenvalue weighted by molar-refractivity contribution is 7.92. The SMILES string of the molecule is CC[C@H](C)NC(=O)[C@@H](Cc1ccccc1)N(Cc1cccc(Cl)c1)C(=O)CN(c1ccc(Cl)cc1)S(=O)(=O)c1ccc(OC)cc1. The topological polar surface area (TPSA) is 96.0 Å². The molecule has 8 nitrogen and oxygen atoms in total. The predicted octanol–water partition coefficient (Wildman–Crippen LogP) is 6.75. The van der Waals surface area contributed by atoms with Crippen LogP contribution >= 0.6 is 23.2 Å². The summed E-state index contributed by atoms with van der Waals surface area (Å²) in [5.74, 6) is -0.436. The molecule has 0 aliphatic heterocycles. The lowest BCUT2D eigenvalue weighted by Crippen LogP contribution is -2.54. The van der Waals surface area contributed by atoms with Gasteiger partial charge in [-0.15, -0.1) is 0 Å². The smallest absolute Gasteiger partial charge is 0.264 e. The van der Waals surface area contributed by atoms with Crippen LogP contribution < -0.4 is 14.4 Å². The number of methoxy groups -OCH3 is 1. The Balaban J connectivity index is 1.80. The molecule has 0 saturated carbocycles. The molecule has 0 spiro atoms. The minimum Gasteiger partial charge on any atom is -0.497 e. The van der Waals surface area contributed by atoms with Crippen LogP contribution in [0.3, 0.4) is 0 Å². The highest BCUT2D eigenvalue weighted by Crippen LogP contribution is 2.27. The molecule has 242 valence electrons. The van der Waals surface area contributed by atoms with E-state index in [2.05, 4.69) is 5.32 Å². The Kier molecular flexibility index (Phi) is 12.1. The Hall–Kier alpha value is -4.05. The van der Waals surface area contributed by atoms with Crippen molar-refractivity contribution in [3.8, 4) is 5.75 Å². The lowest BCUT2D eigenvalue weighted by atomic mass is 10.0. The summed E-state index contributed by atoms with van der Waals surface area (Å²) in [7, 11) is -2.78. The van der Waals surface area contributed by atoms with Crippen LogP contribution in [0.25, 0.3) is 0 Å². The minimum atomic E-state index is -4.26. The summed E-state index contributed by atoms with van der Waals surface area (Å²) in [5.41, 5.74) is 1.77. The van der Waals surface area contributed by atoms with Crippen molar-refractivity contribution < 1.29 is 22.7 Å². The Morgan fingerprint density at radius 3 is 2.11 bits per heavy atom. The van der Waals surface area contributed by atoms with E-state index in [1.54, 1.807) is 30.3 Å². The van der Waals surface area contributed by atoms with E-state index in [4.69, 9.17) is 27.9 Å². The second-order valence-electron chi connectivity index (χ2n) is 10.8. The lowest BCUT2D eigenvalue weighted by molar-refractivity contribution is -0.140. The maximum absolute atomic E-state index is 14.5. The van der Waals surface area contributed by atoms with E-state index >= 15 is 0 Å². The second-order valence-corrected chi connectivity index (χ2v) is 13.6. The fourth-order valence-electron chi connectivity index (χ4n) is 4.84. The van der Waals surface area contributed by atoms with Crippen molar-refractivity contribution in [3.05, 3.63) is 124 Å². The summed E-state index contributed by atoms with van der Waals surface area (Å²) >= 11 is 12.4. The number of hydrogen-bond acceptors (Lipinski definition) is 5. The van der Waals surface area contributed by atoms with Crippen molar-refractivity contribution in [2.75, 3.05) is 18.0 Å². The van der Waals surface area contributed by atoms with Gasteiger partial charge in [-0.1, -0.05) is 72.6 Å². The van der Waals surface area contributed by atoms with E-state index in [1.165, 1.54) is 48.4 Å². The molecule has 0 aromatic heterocycles. The first kappa shape index (κ1) is 34.8. The molecule has 4 rings (SSSR count). The number of ether oxygens (including phenoxy) is 1. The van der Waals surface area contributed by atoms with Crippen LogP contribution in [-0.2, 0) is 32.6 Å². The van der Waals surface area contributed by atoms with Crippen molar-refractivity contribution in [2.45, 2.75) is 50.2 Å². The molecule has 4 aromatic rings. The molecule has 11 heteroatoms. The Labute approximate surface area is 280 Å². The molecule has 0 heterocycles. The normalized spacial score (nSPS) is 12.5. The van der Waals surface area contributed by atoms with Gasteiger partial charge in [0.25, 0.3) is 10.0 Å². The van der Waals surface area contributed by atoms with Crippen LogP contribution in [0.4, 0.5) is 5.69 Å². The highest BCUT2D eigenvalue weighted by Gasteiger charge is 2.35. The van der Waals surface area contributed by atoms with Gasteiger partial charge in [-0.3, -0.25) is 13.9 Å². The van der Waals surface area contributed by atoms with Crippen LogP contribution in [0.15, 0.2) is 108 Å². The van der Waals surface area contributed by atoms with Gasteiger partial charge >= 0.3 is 0 Å². The monoisotopic (exact) mass is 681 g/mol. The third-order valence-electron chi connectivity index (χ3n) is 7.55. The number of anilines is 1. The van der Waals surface area contributed by atoms with Crippen molar-refractivity contribution in [3.63, 3.8) is 0 Å². The van der Waals surface area contributed by atoms with E-state index < -0.39 is 28.5 Å². The Morgan fingerprint density at radius 1 is 0.848 bits per heavy atom. The summed E-state index contributed by atoms with van der Waals surface area (Å²) < 4.78 is 34.5.